The van der Waals surface area contributed by atoms with Crippen LogP contribution in [0.3, 0.4) is 0 Å². The van der Waals surface area contributed by atoms with Crippen LogP contribution in [0, 0.1) is 62.3 Å². The van der Waals surface area contributed by atoms with E-state index in [0.29, 0.717) is 0 Å². The summed E-state index contributed by atoms with van der Waals surface area (Å²) in [6.45, 7) is 24.8. The minimum absolute atomic E-state index is 0.887. The van der Waals surface area contributed by atoms with Gasteiger partial charge in [-0.3, -0.25) is 0 Å². The summed E-state index contributed by atoms with van der Waals surface area (Å²) >= 11 is 0. The summed E-state index contributed by atoms with van der Waals surface area (Å²) in [6, 6.07) is 153. The number of rotatable bonds is 18. The van der Waals surface area contributed by atoms with E-state index in [1.54, 1.807) is 0 Å². The number of fused-ring (bicyclic) bond motifs is 12. The van der Waals surface area contributed by atoms with Crippen LogP contribution in [-0.2, 0) is 12.8 Å². The first-order chi connectivity index (χ1) is 73.1. The Balaban J connectivity index is 0.000000147. The lowest BCUT2D eigenvalue weighted by Gasteiger charge is -2.33. The number of hydrogen-bond donors (Lipinski definition) is 0. The molecule has 0 unspecified atom stereocenters. The van der Waals surface area contributed by atoms with Crippen molar-refractivity contribution < 1.29 is 17.7 Å². The molecular formula is C141H106N4O4. The summed E-state index contributed by atoms with van der Waals surface area (Å²) in [6.07, 6.45) is 1.77. The van der Waals surface area contributed by atoms with E-state index in [0.717, 1.165) is 179 Å². The molecule has 0 saturated carbocycles. The zero-order chi connectivity index (χ0) is 100. The molecule has 4 heterocycles. The Labute approximate surface area is 865 Å². The number of aryl methyl sites for hydroxylation is 11. The molecule has 0 aliphatic heterocycles. The van der Waals surface area contributed by atoms with Crippen molar-refractivity contribution in [2.45, 2.75) is 89.0 Å². The zero-order valence-corrected chi connectivity index (χ0v) is 85.2. The van der Waals surface area contributed by atoms with Crippen LogP contribution >= 0.6 is 0 Å². The van der Waals surface area contributed by atoms with Gasteiger partial charge in [0.05, 0.1) is 45.5 Å². The number of benzene rings is 24. The second-order valence-corrected chi connectivity index (χ2v) is 40.5. The third-order valence-electron chi connectivity index (χ3n) is 31.7. The van der Waals surface area contributed by atoms with Crippen molar-refractivity contribution >= 4 is 221 Å². The number of nitrogens with zero attached hydrogens (tertiary/aromatic N) is 4. The average molecular weight is 1920 g/mol. The second kappa shape index (κ2) is 35.6. The number of furan rings is 4. The number of anilines is 12. The van der Waals surface area contributed by atoms with Gasteiger partial charge in [0.1, 0.15) is 44.7 Å². The Kier molecular flexibility index (Phi) is 21.4. The molecule has 0 fully saturated rings. The maximum atomic E-state index is 6.54. The van der Waals surface area contributed by atoms with Gasteiger partial charge in [-0.2, -0.15) is 0 Å². The monoisotopic (exact) mass is 1920 g/mol. The summed E-state index contributed by atoms with van der Waals surface area (Å²) in [5.41, 5.74) is 43.5. The molecule has 0 atom stereocenters. The third kappa shape index (κ3) is 14.5. The fourth-order valence-corrected chi connectivity index (χ4v) is 24.7. The predicted molar refractivity (Wildman–Crippen MR) is 631 cm³/mol. The lowest BCUT2D eigenvalue weighted by atomic mass is 9.86. The van der Waals surface area contributed by atoms with E-state index in [9.17, 15) is 0 Å². The molecule has 28 rings (SSSR count). The smallest absolute Gasteiger partial charge is 0.143 e. The highest BCUT2D eigenvalue weighted by Crippen LogP contribution is 2.56. The van der Waals surface area contributed by atoms with Crippen molar-refractivity contribution in [3.05, 3.63) is 480 Å². The highest BCUT2D eigenvalue weighted by Gasteiger charge is 2.32. The fourth-order valence-electron chi connectivity index (χ4n) is 24.7. The summed E-state index contributed by atoms with van der Waals surface area (Å²) in [4.78, 5) is 10.0. The normalized spacial score (nSPS) is 11.9. The first-order valence-electron chi connectivity index (χ1n) is 52.0. The molecule has 0 N–H and O–H groups in total. The van der Waals surface area contributed by atoms with E-state index in [-0.39, 0.29) is 0 Å². The molecule has 0 amide bonds. The van der Waals surface area contributed by atoms with Crippen LogP contribution in [0.4, 0.5) is 68.2 Å². The molecule has 8 heteroatoms. The molecule has 0 aliphatic carbocycles. The van der Waals surface area contributed by atoms with Gasteiger partial charge in [0, 0.05) is 110 Å². The largest absolute Gasteiger partial charge is 0.455 e. The molecule has 0 radical (unpaired) electrons. The molecule has 0 aliphatic rings. The van der Waals surface area contributed by atoms with Gasteiger partial charge in [0.15, 0.2) is 0 Å². The Hall–Kier alpha value is -18.2. The van der Waals surface area contributed by atoms with Crippen LogP contribution in [0.2, 0.25) is 0 Å². The average Bonchev–Trinajstić information content (AvgIpc) is 1.27. The first-order valence-corrected chi connectivity index (χ1v) is 52.0. The van der Waals surface area contributed by atoms with Crippen LogP contribution in [0.15, 0.2) is 436 Å². The van der Waals surface area contributed by atoms with E-state index >= 15 is 0 Å². The molecule has 4 aromatic heterocycles. The van der Waals surface area contributed by atoms with Gasteiger partial charge in [-0.25, -0.2) is 0 Å². The van der Waals surface area contributed by atoms with E-state index in [2.05, 4.69) is 490 Å². The summed E-state index contributed by atoms with van der Waals surface area (Å²) < 4.78 is 26.1. The van der Waals surface area contributed by atoms with E-state index in [1.165, 1.54) is 160 Å². The highest BCUT2D eigenvalue weighted by atomic mass is 16.3. The topological polar surface area (TPSA) is 65.5 Å². The standard InChI is InChI=1S/C72H56N2O2.C69H50N2O2/c1-7-47-41-63(73(69-43(3)17-13-18-44(69)4)51-33-29-49(30-34-51)55-23-15-25-59-57-21-9-11-27-65(57)75-71(55)59)61-40-38-54-48(8-2)42-64(62-39-37-53(47)67(61)68(54)62)74(70-45(5)19-14-20-46(70)6)52-35-31-50(32-36-52)56-24-16-26-60-58-22-10-12-28-66(58)76-72(56)60;1-41-14-10-15-42(2)66(41)70(49-32-26-46(27-33-49)52-20-12-22-56-54-18-6-8-24-62(54)72-68(52)56)60-39-31-48-30-36-59-61(40-45(5)51-37-38-58(60)64(48)65(51)59)71(67-43(3)16-11-17-44(67)4)50-34-28-47(29-35-50)53-21-13-23-57-55-19-7-9-25-63(55)73-69(53)57/h9-42H,7-8H2,1-6H3;6-40H,1-5H3. The van der Waals surface area contributed by atoms with Gasteiger partial charge in [-0.15, -0.1) is 0 Å². The van der Waals surface area contributed by atoms with Crippen LogP contribution in [0.5, 0.6) is 0 Å². The molecule has 0 saturated heterocycles. The van der Waals surface area contributed by atoms with E-state index in [4.69, 9.17) is 17.7 Å². The van der Waals surface area contributed by atoms with Gasteiger partial charge < -0.3 is 37.3 Å². The Bertz CT molecular complexity index is 9890. The van der Waals surface area contributed by atoms with Crippen molar-refractivity contribution in [1.29, 1.82) is 0 Å². The maximum Gasteiger partial charge on any atom is 0.143 e. The molecule has 714 valence electrons. The van der Waals surface area contributed by atoms with Crippen molar-refractivity contribution in [1.82, 2.24) is 0 Å². The minimum atomic E-state index is 0.887. The van der Waals surface area contributed by atoms with Crippen LogP contribution in [-0.4, -0.2) is 0 Å². The van der Waals surface area contributed by atoms with Gasteiger partial charge in [0.25, 0.3) is 0 Å². The molecule has 0 spiro atoms. The molecule has 149 heavy (non-hydrogen) atoms. The van der Waals surface area contributed by atoms with E-state index < -0.39 is 0 Å². The van der Waals surface area contributed by atoms with Gasteiger partial charge >= 0.3 is 0 Å². The highest BCUT2D eigenvalue weighted by molar-refractivity contribution is 6.32. The summed E-state index contributed by atoms with van der Waals surface area (Å²) in [5, 5.41) is 24.1. The van der Waals surface area contributed by atoms with Crippen LogP contribution in [0.25, 0.3) is 197 Å². The maximum absolute atomic E-state index is 6.54. The number of hydrogen-bond acceptors (Lipinski definition) is 8. The molecule has 24 aromatic carbocycles. The van der Waals surface area contributed by atoms with Crippen molar-refractivity contribution in [3.63, 3.8) is 0 Å². The fraction of sp³-hybridized carbons (Fsp3) is 0.0922. The van der Waals surface area contributed by atoms with E-state index in [1.807, 2.05) is 24.3 Å². The first kappa shape index (κ1) is 89.6. The molecule has 0 bridgehead atoms. The lowest BCUT2D eigenvalue weighted by molar-refractivity contribution is 0.669. The molecule has 28 aromatic rings. The third-order valence-corrected chi connectivity index (χ3v) is 31.7. The SMILES string of the molecule is CCc1cc(N(c2ccc(-c3cccc4c3oc3ccccc34)cc2)c2c(C)cccc2C)c2ccc3c(CC)cc(N(c4ccc(-c5cccc6c5oc5ccccc56)cc4)c4c(C)cccc4C)c4ccc1c2c34.Cc1cccc(C)c1N(c1ccc(-c2cccc3c2oc2ccccc23)cc1)c1ccc2ccc3c(N(c4ccc(-c5cccc6c5oc5ccccc56)cc4)c4c(C)cccc4C)cc(C)c4ccc1c2c43. The molecular weight excluding hydrogens is 1810 g/mol. The summed E-state index contributed by atoms with van der Waals surface area (Å²) in [5.74, 6) is 0. The minimum Gasteiger partial charge on any atom is -0.455 e. The molecule has 8 nitrogen and oxygen atoms in total. The predicted octanol–water partition coefficient (Wildman–Crippen LogP) is 41.2. The van der Waals surface area contributed by atoms with Crippen LogP contribution < -0.4 is 19.6 Å². The van der Waals surface area contributed by atoms with Gasteiger partial charge in [0.2, 0.25) is 0 Å². The summed E-state index contributed by atoms with van der Waals surface area (Å²) in [7, 11) is 0. The Morgan fingerprint density at radius 3 is 0.711 bits per heavy atom. The van der Waals surface area contributed by atoms with Gasteiger partial charge in [-0.1, -0.05) is 335 Å². The van der Waals surface area contributed by atoms with Crippen molar-refractivity contribution in [2.75, 3.05) is 19.6 Å². The second-order valence-electron chi connectivity index (χ2n) is 40.5. The Morgan fingerprint density at radius 1 is 0.174 bits per heavy atom. The van der Waals surface area contributed by atoms with Crippen molar-refractivity contribution in [2.24, 2.45) is 0 Å². The lowest BCUT2D eigenvalue weighted by Crippen LogP contribution is -2.15. The Morgan fingerprint density at radius 2 is 0.409 bits per heavy atom. The van der Waals surface area contributed by atoms with Crippen molar-refractivity contribution in [3.8, 4) is 44.5 Å². The quantitative estimate of drug-likeness (QED) is 0.0788. The van der Waals surface area contributed by atoms with Gasteiger partial charge in [-0.05, 0) is 299 Å². The zero-order valence-electron chi connectivity index (χ0n) is 85.2. The number of para-hydroxylation sites is 12. The van der Waals surface area contributed by atoms with Crippen LogP contribution in [0.1, 0.15) is 75.0 Å².